The van der Waals surface area contributed by atoms with Gasteiger partial charge in [0.2, 0.25) is 11.8 Å². The molecule has 2 aliphatic heterocycles. The summed E-state index contributed by atoms with van der Waals surface area (Å²) in [7, 11) is 2.66. The van der Waals surface area contributed by atoms with Crippen LogP contribution in [-0.4, -0.2) is 113 Å². The summed E-state index contributed by atoms with van der Waals surface area (Å²) in [6.07, 6.45) is 7.46. The monoisotopic (exact) mass is 758 g/mol. The third-order valence-electron chi connectivity index (χ3n) is 10.4. The van der Waals surface area contributed by atoms with E-state index in [4.69, 9.17) is 4.74 Å². The topological polar surface area (TPSA) is 203 Å². The standard InChI is InChI=1S/C38H47FN10O6/c1-20(2)30(46-37(52)55-6)35(50)48-13-7-9-28(48)33-42-18-26(44-33)23-16-40-32(41-17-23)22-11-12-24(25(39)15-22)27-19-43-34(45-27)29-10-8-14-49(29)36(51)31(21(3)4)47(5)38(53)54/h11-12,15-21,28-31H,7-10,13-14H2,1-6H3,(H,42,44)(H,43,45)(H,46,52)(H,53,54)/t28?,29-,30-,31?/m0/s1. The molecule has 1 aromatic carbocycles. The van der Waals surface area contributed by atoms with Gasteiger partial charge in [-0.2, -0.15) is 0 Å². The summed E-state index contributed by atoms with van der Waals surface area (Å²) < 4.78 is 20.4. The summed E-state index contributed by atoms with van der Waals surface area (Å²) in [4.78, 5) is 79.7. The van der Waals surface area contributed by atoms with Gasteiger partial charge in [-0.15, -0.1) is 0 Å². The number of nitrogens with one attached hydrogen (secondary N) is 3. The second kappa shape index (κ2) is 16.2. The van der Waals surface area contributed by atoms with Crippen molar-refractivity contribution in [3.8, 4) is 33.9 Å². The van der Waals surface area contributed by atoms with Crippen molar-refractivity contribution in [3.05, 3.63) is 60.5 Å². The van der Waals surface area contributed by atoms with Crippen LogP contribution in [0.25, 0.3) is 33.9 Å². The van der Waals surface area contributed by atoms with Crippen LogP contribution < -0.4 is 5.32 Å². The van der Waals surface area contributed by atoms with Crippen LogP contribution in [0.3, 0.4) is 0 Å². The Hall–Kier alpha value is -5.87. The molecule has 4 N–H and O–H groups in total. The minimum Gasteiger partial charge on any atom is -0.465 e. The molecule has 292 valence electrons. The number of nitrogens with zero attached hydrogens (tertiary/aromatic N) is 7. The number of carboxylic acid groups (broad SMARTS) is 1. The molecular weight excluding hydrogens is 711 g/mol. The molecule has 4 aromatic rings. The quantitative estimate of drug-likeness (QED) is 0.153. The fourth-order valence-corrected chi connectivity index (χ4v) is 7.48. The highest BCUT2D eigenvalue weighted by Gasteiger charge is 2.40. The van der Waals surface area contributed by atoms with E-state index < -0.39 is 36.1 Å². The maximum Gasteiger partial charge on any atom is 0.407 e. The van der Waals surface area contributed by atoms with Crippen molar-refractivity contribution in [2.24, 2.45) is 11.8 Å². The average molecular weight is 759 g/mol. The molecule has 55 heavy (non-hydrogen) atoms. The van der Waals surface area contributed by atoms with E-state index in [-0.39, 0.29) is 35.3 Å². The van der Waals surface area contributed by atoms with Gasteiger partial charge in [-0.1, -0.05) is 33.8 Å². The molecule has 0 radical (unpaired) electrons. The lowest BCUT2D eigenvalue weighted by Crippen LogP contribution is -2.51. The zero-order valence-electron chi connectivity index (χ0n) is 31.7. The summed E-state index contributed by atoms with van der Waals surface area (Å²) in [5, 5.41) is 12.2. The Kier molecular flexibility index (Phi) is 11.5. The van der Waals surface area contributed by atoms with Crippen LogP contribution in [0.5, 0.6) is 0 Å². The number of hydrogen-bond donors (Lipinski definition) is 4. The van der Waals surface area contributed by atoms with Gasteiger partial charge in [0.15, 0.2) is 5.82 Å². The van der Waals surface area contributed by atoms with Gasteiger partial charge in [0.05, 0.1) is 43.0 Å². The van der Waals surface area contributed by atoms with E-state index in [1.54, 1.807) is 40.5 Å². The highest BCUT2D eigenvalue weighted by molar-refractivity contribution is 5.87. The first kappa shape index (κ1) is 38.8. The molecule has 3 aromatic heterocycles. The molecule has 0 bridgehead atoms. The molecule has 2 saturated heterocycles. The summed E-state index contributed by atoms with van der Waals surface area (Å²) in [5.74, 6) is 0.0562. The first-order valence-corrected chi connectivity index (χ1v) is 18.4. The molecule has 17 heteroatoms. The van der Waals surface area contributed by atoms with Crippen molar-refractivity contribution < 1.29 is 33.4 Å². The number of likely N-dealkylation sites (tertiary alicyclic amines) is 2. The lowest BCUT2D eigenvalue weighted by Gasteiger charge is -2.33. The van der Waals surface area contributed by atoms with Crippen LogP contribution >= 0.6 is 0 Å². The number of hydrogen-bond acceptors (Lipinski definition) is 9. The highest BCUT2D eigenvalue weighted by atomic mass is 19.1. The van der Waals surface area contributed by atoms with E-state index >= 15 is 4.39 Å². The summed E-state index contributed by atoms with van der Waals surface area (Å²) in [6.45, 7) is 8.36. The molecule has 4 atom stereocenters. The molecule has 0 saturated carbocycles. The van der Waals surface area contributed by atoms with Crippen LogP contribution in [0.2, 0.25) is 0 Å². The van der Waals surface area contributed by atoms with E-state index in [1.807, 2.05) is 27.7 Å². The number of carbonyl (C=O) groups excluding carboxylic acids is 3. The molecule has 6 rings (SSSR count). The third-order valence-corrected chi connectivity index (χ3v) is 10.4. The van der Waals surface area contributed by atoms with Gasteiger partial charge in [0.1, 0.15) is 29.5 Å². The lowest BCUT2D eigenvalue weighted by atomic mass is 10.0. The van der Waals surface area contributed by atoms with Crippen LogP contribution in [-0.2, 0) is 14.3 Å². The molecule has 0 aliphatic carbocycles. The maximum absolute atomic E-state index is 15.6. The fraction of sp³-hybridized carbons (Fsp3) is 0.474. The SMILES string of the molecule is COC(=O)N[C@H](C(=O)N1CCCC1c1ncc(-c2cnc(-c3ccc(-c4cnc([C@@H]5CCCN5C(=O)C(C(C)C)N(C)C(=O)O)[nH]4)c(F)c3)nc2)[nH]1)C(C)C. The van der Waals surface area contributed by atoms with Gasteiger partial charge in [0, 0.05) is 49.2 Å². The van der Waals surface area contributed by atoms with Crippen LogP contribution in [0, 0.1) is 17.7 Å². The summed E-state index contributed by atoms with van der Waals surface area (Å²) >= 11 is 0. The zero-order chi connectivity index (χ0) is 39.6. The number of imidazole rings is 2. The van der Waals surface area contributed by atoms with E-state index in [1.165, 1.54) is 26.4 Å². The molecule has 2 aliphatic rings. The second-order valence-electron chi connectivity index (χ2n) is 14.7. The number of aromatic nitrogens is 6. The number of carbonyl (C=O) groups is 4. The number of ether oxygens (including phenoxy) is 1. The van der Waals surface area contributed by atoms with Crippen LogP contribution in [0.4, 0.5) is 14.0 Å². The molecule has 5 heterocycles. The van der Waals surface area contributed by atoms with Crippen LogP contribution in [0.15, 0.2) is 43.0 Å². The normalized spacial score (nSPS) is 18.1. The summed E-state index contributed by atoms with van der Waals surface area (Å²) in [5.41, 5.74) is 2.50. The predicted molar refractivity (Wildman–Crippen MR) is 199 cm³/mol. The zero-order valence-corrected chi connectivity index (χ0v) is 31.7. The minimum atomic E-state index is -1.18. The molecule has 2 unspecified atom stereocenters. The molecule has 2 fully saturated rings. The Labute approximate surface area is 317 Å². The lowest BCUT2D eigenvalue weighted by molar-refractivity contribution is -0.138. The summed E-state index contributed by atoms with van der Waals surface area (Å²) in [6, 6.07) is 2.42. The molecular formula is C38H47FN10O6. The van der Waals surface area contributed by atoms with Crippen LogP contribution in [0.1, 0.15) is 77.1 Å². The Morgan fingerprint density at radius 3 is 1.98 bits per heavy atom. The Morgan fingerprint density at radius 1 is 0.855 bits per heavy atom. The minimum absolute atomic E-state index is 0.148. The smallest absolute Gasteiger partial charge is 0.407 e. The van der Waals surface area contributed by atoms with Gasteiger partial charge in [0.25, 0.3) is 0 Å². The molecule has 16 nitrogen and oxygen atoms in total. The average Bonchev–Trinajstić information content (AvgIpc) is 4.00. The van der Waals surface area contributed by atoms with Gasteiger partial charge in [-0.05, 0) is 49.7 Å². The first-order valence-electron chi connectivity index (χ1n) is 18.4. The van der Waals surface area contributed by atoms with E-state index in [0.29, 0.717) is 65.9 Å². The number of H-pyrrole nitrogens is 2. The predicted octanol–water partition coefficient (Wildman–Crippen LogP) is 5.40. The van der Waals surface area contributed by atoms with Crippen molar-refractivity contribution in [3.63, 3.8) is 0 Å². The van der Waals surface area contributed by atoms with Gasteiger partial charge in [-0.25, -0.2) is 33.9 Å². The number of benzene rings is 1. The Bertz CT molecular complexity index is 2030. The van der Waals surface area contributed by atoms with Gasteiger partial charge < -0.3 is 34.9 Å². The first-order chi connectivity index (χ1) is 26.3. The largest absolute Gasteiger partial charge is 0.465 e. The number of aromatic amines is 2. The Balaban J connectivity index is 1.14. The highest BCUT2D eigenvalue weighted by Crippen LogP contribution is 2.35. The van der Waals surface area contributed by atoms with E-state index in [0.717, 1.165) is 17.7 Å². The number of alkyl carbamates (subject to hydrolysis) is 1. The maximum atomic E-state index is 15.6. The number of amides is 4. The Morgan fingerprint density at radius 2 is 1.44 bits per heavy atom. The number of halogens is 1. The molecule has 0 spiro atoms. The van der Waals surface area contributed by atoms with Crippen molar-refractivity contribution in [2.75, 3.05) is 27.2 Å². The third kappa shape index (κ3) is 8.00. The van der Waals surface area contributed by atoms with Crippen molar-refractivity contribution in [2.45, 2.75) is 77.5 Å². The van der Waals surface area contributed by atoms with Crippen molar-refractivity contribution in [1.29, 1.82) is 0 Å². The number of methoxy groups -OCH3 is 1. The van der Waals surface area contributed by atoms with Crippen molar-refractivity contribution >= 4 is 24.0 Å². The molecule has 4 amide bonds. The van der Waals surface area contributed by atoms with E-state index in [9.17, 15) is 24.3 Å². The van der Waals surface area contributed by atoms with Gasteiger partial charge >= 0.3 is 12.2 Å². The second-order valence-corrected chi connectivity index (χ2v) is 14.7. The van der Waals surface area contributed by atoms with Gasteiger partial charge in [-0.3, -0.25) is 14.5 Å². The number of rotatable bonds is 11. The van der Waals surface area contributed by atoms with Crippen molar-refractivity contribution in [1.82, 2.24) is 49.9 Å². The fourth-order valence-electron chi connectivity index (χ4n) is 7.48. The van der Waals surface area contributed by atoms with E-state index in [2.05, 4.69) is 35.2 Å². The number of likely N-dealkylation sites (N-methyl/N-ethyl adjacent to an activating group) is 1.